The van der Waals surface area contributed by atoms with Crippen molar-refractivity contribution in [1.82, 2.24) is 5.32 Å². The number of allylic oxidation sites excluding steroid dienone is 1. The van der Waals surface area contributed by atoms with Gasteiger partial charge in [-0.2, -0.15) is 23.4 Å². The highest BCUT2D eigenvalue weighted by atomic mass is 32.1. The monoisotopic (exact) mass is 231 g/mol. The van der Waals surface area contributed by atoms with Crippen LogP contribution in [0.5, 0.6) is 0 Å². The molecule has 0 aliphatic carbocycles. The standard InChI is InChI=1S/C8H4F3N3S/c9-8(10,11)7(4-12)3-6(13-5-15)1-2-14-7/h1-3,14H. The summed E-state index contributed by atoms with van der Waals surface area (Å²) in [5.41, 5.74) is -2.80. The lowest BCUT2D eigenvalue weighted by atomic mass is 9.97. The first-order chi connectivity index (χ1) is 6.95. The number of nitrogens with one attached hydrogen (secondary N) is 1. The summed E-state index contributed by atoms with van der Waals surface area (Å²) in [4.78, 5) is 3.39. The van der Waals surface area contributed by atoms with Gasteiger partial charge >= 0.3 is 6.18 Å². The fraction of sp³-hybridized carbons (Fsp3) is 0.250. The molecule has 1 N–H and O–H groups in total. The molecule has 1 atom stereocenters. The Morgan fingerprint density at radius 3 is 2.67 bits per heavy atom. The van der Waals surface area contributed by atoms with Crippen molar-refractivity contribution in [1.29, 1.82) is 5.26 Å². The van der Waals surface area contributed by atoms with Crippen LogP contribution in [0.25, 0.3) is 0 Å². The van der Waals surface area contributed by atoms with Gasteiger partial charge < -0.3 is 5.32 Å². The maximum Gasteiger partial charge on any atom is 0.428 e. The molecule has 1 unspecified atom stereocenters. The van der Waals surface area contributed by atoms with Gasteiger partial charge in [-0.3, -0.25) is 0 Å². The molecular formula is C8H4F3N3S. The molecule has 0 aromatic rings. The molecule has 1 aliphatic heterocycles. The van der Waals surface area contributed by atoms with Crippen LogP contribution < -0.4 is 5.32 Å². The van der Waals surface area contributed by atoms with Crippen molar-refractivity contribution in [3.05, 3.63) is 24.0 Å². The van der Waals surface area contributed by atoms with Crippen LogP contribution in [0.2, 0.25) is 0 Å². The van der Waals surface area contributed by atoms with Crippen LogP contribution in [0, 0.1) is 11.3 Å². The number of hydrogen-bond donors (Lipinski definition) is 1. The van der Waals surface area contributed by atoms with Crippen LogP contribution >= 0.6 is 12.2 Å². The number of dihydropyridines is 1. The number of thiocarbonyl (C=S) groups is 1. The van der Waals surface area contributed by atoms with Crippen molar-refractivity contribution in [3.63, 3.8) is 0 Å². The number of isothiocyanates is 1. The molecule has 15 heavy (non-hydrogen) atoms. The highest BCUT2D eigenvalue weighted by Gasteiger charge is 2.55. The van der Waals surface area contributed by atoms with Gasteiger partial charge in [-0.25, -0.2) is 0 Å². The quantitative estimate of drug-likeness (QED) is 0.554. The maximum absolute atomic E-state index is 12.6. The maximum atomic E-state index is 12.6. The van der Waals surface area contributed by atoms with Crippen molar-refractivity contribution in [2.75, 3.05) is 0 Å². The van der Waals surface area contributed by atoms with E-state index in [1.807, 2.05) is 10.5 Å². The van der Waals surface area contributed by atoms with Crippen LogP contribution in [0.4, 0.5) is 13.2 Å². The van der Waals surface area contributed by atoms with E-state index in [2.05, 4.69) is 17.2 Å². The molecule has 0 saturated carbocycles. The van der Waals surface area contributed by atoms with E-state index in [9.17, 15) is 13.2 Å². The summed E-state index contributed by atoms with van der Waals surface area (Å²) >= 11 is 4.26. The van der Waals surface area contributed by atoms with Crippen molar-refractivity contribution in [2.45, 2.75) is 11.7 Å². The summed E-state index contributed by atoms with van der Waals surface area (Å²) in [7, 11) is 0. The highest BCUT2D eigenvalue weighted by Crippen LogP contribution is 2.33. The van der Waals surface area contributed by atoms with E-state index < -0.39 is 11.7 Å². The molecule has 0 aromatic carbocycles. The molecule has 0 aromatic heterocycles. The van der Waals surface area contributed by atoms with Crippen LogP contribution in [0.1, 0.15) is 0 Å². The number of alkyl halides is 3. The number of hydrogen-bond acceptors (Lipinski definition) is 4. The van der Waals surface area contributed by atoms with Gasteiger partial charge in [0.05, 0.1) is 10.9 Å². The van der Waals surface area contributed by atoms with E-state index in [1.54, 1.807) is 0 Å². The van der Waals surface area contributed by atoms with Gasteiger partial charge in [-0.15, -0.1) is 0 Å². The second-order valence-electron chi connectivity index (χ2n) is 2.67. The first-order valence-electron chi connectivity index (χ1n) is 3.68. The zero-order valence-corrected chi connectivity index (χ0v) is 7.99. The van der Waals surface area contributed by atoms with Gasteiger partial charge in [0.15, 0.2) is 0 Å². The molecule has 0 bridgehead atoms. The van der Waals surface area contributed by atoms with E-state index in [1.165, 1.54) is 6.08 Å². The van der Waals surface area contributed by atoms with Gasteiger partial charge in [0.1, 0.15) is 6.07 Å². The second-order valence-corrected chi connectivity index (χ2v) is 2.85. The van der Waals surface area contributed by atoms with Gasteiger partial charge in [0, 0.05) is 6.20 Å². The number of nitriles is 1. The molecule has 1 rings (SSSR count). The van der Waals surface area contributed by atoms with Crippen LogP contribution in [0.3, 0.4) is 0 Å². The molecule has 7 heteroatoms. The lowest BCUT2D eigenvalue weighted by Crippen LogP contribution is -2.53. The lowest BCUT2D eigenvalue weighted by molar-refractivity contribution is -0.163. The van der Waals surface area contributed by atoms with E-state index in [4.69, 9.17) is 5.26 Å². The van der Waals surface area contributed by atoms with Crippen molar-refractivity contribution in [2.24, 2.45) is 4.99 Å². The number of nitrogens with zero attached hydrogens (tertiary/aromatic N) is 2. The first kappa shape index (κ1) is 11.4. The Hall–Kier alpha value is -1.64. The van der Waals surface area contributed by atoms with Gasteiger partial charge in [0.25, 0.3) is 0 Å². The molecule has 0 fully saturated rings. The lowest BCUT2D eigenvalue weighted by Gasteiger charge is -2.28. The minimum absolute atomic E-state index is 0.0531. The minimum atomic E-state index is -4.73. The zero-order chi connectivity index (χ0) is 11.5. The van der Waals surface area contributed by atoms with Crippen LogP contribution in [-0.2, 0) is 0 Å². The fourth-order valence-electron chi connectivity index (χ4n) is 0.984. The highest BCUT2D eigenvalue weighted by molar-refractivity contribution is 7.78. The van der Waals surface area contributed by atoms with Gasteiger partial charge in [0.2, 0.25) is 5.54 Å². The minimum Gasteiger partial charge on any atom is -0.363 e. The molecule has 0 radical (unpaired) electrons. The second kappa shape index (κ2) is 3.85. The Labute approximate surface area is 88.6 Å². The summed E-state index contributed by atoms with van der Waals surface area (Å²) in [5.74, 6) is 0. The summed E-state index contributed by atoms with van der Waals surface area (Å²) in [6.07, 6.45) is -1.80. The third-order valence-corrected chi connectivity index (χ3v) is 1.82. The zero-order valence-electron chi connectivity index (χ0n) is 7.17. The predicted molar refractivity (Wildman–Crippen MR) is 49.8 cm³/mol. The molecule has 0 spiro atoms. The molecule has 1 aliphatic rings. The molecule has 0 amide bonds. The average Bonchev–Trinajstić information content (AvgIpc) is 2.17. The van der Waals surface area contributed by atoms with Crippen LogP contribution in [0.15, 0.2) is 29.0 Å². The third kappa shape index (κ3) is 2.06. The Bertz CT molecular complexity index is 412. The number of rotatable bonds is 1. The number of halogens is 3. The van der Waals surface area contributed by atoms with Crippen molar-refractivity contribution < 1.29 is 13.2 Å². The normalized spacial score (nSPS) is 24.5. The average molecular weight is 231 g/mol. The Morgan fingerprint density at radius 1 is 1.53 bits per heavy atom. The Kier molecular flexibility index (Phi) is 2.93. The summed E-state index contributed by atoms with van der Waals surface area (Å²) in [6, 6.07) is 1.16. The van der Waals surface area contributed by atoms with E-state index >= 15 is 0 Å². The summed E-state index contributed by atoms with van der Waals surface area (Å²) in [5, 5.41) is 12.4. The van der Waals surface area contributed by atoms with Gasteiger partial charge in [-0.05, 0) is 24.4 Å². The Balaban J connectivity index is 3.22. The molecular weight excluding hydrogens is 227 g/mol. The third-order valence-electron chi connectivity index (χ3n) is 1.73. The Morgan fingerprint density at radius 2 is 2.20 bits per heavy atom. The predicted octanol–water partition coefficient (Wildman–Crippen LogP) is 1.91. The molecule has 3 nitrogen and oxygen atoms in total. The smallest absolute Gasteiger partial charge is 0.363 e. The SMILES string of the molecule is N#CC1(C(F)(F)F)C=C(N=C=S)C=CN1. The number of aliphatic imine (C=N–C) groups is 1. The van der Waals surface area contributed by atoms with Crippen molar-refractivity contribution >= 4 is 17.4 Å². The molecule has 1 heterocycles. The molecule has 0 saturated heterocycles. The largest absolute Gasteiger partial charge is 0.428 e. The topological polar surface area (TPSA) is 48.2 Å². The van der Waals surface area contributed by atoms with Gasteiger partial charge in [-0.1, -0.05) is 0 Å². The van der Waals surface area contributed by atoms with Crippen molar-refractivity contribution in [3.8, 4) is 6.07 Å². The van der Waals surface area contributed by atoms with E-state index in [-0.39, 0.29) is 5.70 Å². The van der Waals surface area contributed by atoms with E-state index in [0.29, 0.717) is 6.08 Å². The summed E-state index contributed by atoms with van der Waals surface area (Å²) < 4.78 is 37.7. The molecule has 78 valence electrons. The van der Waals surface area contributed by atoms with Crippen LogP contribution in [-0.4, -0.2) is 16.9 Å². The fourth-order valence-corrected chi connectivity index (χ4v) is 1.09. The van der Waals surface area contributed by atoms with E-state index in [0.717, 1.165) is 12.3 Å². The summed E-state index contributed by atoms with van der Waals surface area (Å²) in [6.45, 7) is 0. The first-order valence-corrected chi connectivity index (χ1v) is 4.09.